The van der Waals surface area contributed by atoms with Gasteiger partial charge in [-0.1, -0.05) is 15.9 Å². The molecule has 2 aromatic rings. The predicted molar refractivity (Wildman–Crippen MR) is 62.0 cm³/mol. The number of hydrogen-bond donors (Lipinski definition) is 1. The molecule has 0 saturated carbocycles. The molecule has 0 radical (unpaired) electrons. The lowest BCUT2D eigenvalue weighted by Gasteiger charge is -1.94. The number of aryl methyl sites for hydroxylation is 1. The SMILES string of the molecule is CNC(=O)c1oc2ccc(Br)cc2c1C. The molecule has 0 fully saturated rings. The van der Waals surface area contributed by atoms with Crippen molar-refractivity contribution in [2.24, 2.45) is 0 Å². The number of hydrogen-bond acceptors (Lipinski definition) is 2. The number of halogens is 1. The minimum Gasteiger partial charge on any atom is -0.451 e. The second-order valence-electron chi connectivity index (χ2n) is 3.28. The molecule has 0 bridgehead atoms. The number of amides is 1. The molecule has 0 aliphatic carbocycles. The molecule has 0 aliphatic rings. The van der Waals surface area contributed by atoms with Gasteiger partial charge >= 0.3 is 0 Å². The number of carbonyl (C=O) groups is 1. The van der Waals surface area contributed by atoms with Crippen LogP contribution >= 0.6 is 15.9 Å². The fourth-order valence-electron chi connectivity index (χ4n) is 1.52. The van der Waals surface area contributed by atoms with E-state index in [1.165, 1.54) is 0 Å². The summed E-state index contributed by atoms with van der Waals surface area (Å²) in [7, 11) is 1.59. The van der Waals surface area contributed by atoms with Gasteiger partial charge in [0.05, 0.1) is 0 Å². The Morgan fingerprint density at radius 2 is 2.20 bits per heavy atom. The Kier molecular flexibility index (Phi) is 2.52. The Balaban J connectivity index is 2.69. The van der Waals surface area contributed by atoms with Crippen LogP contribution in [0.25, 0.3) is 11.0 Å². The van der Waals surface area contributed by atoms with Crippen LogP contribution in [0, 0.1) is 6.92 Å². The molecule has 3 nitrogen and oxygen atoms in total. The van der Waals surface area contributed by atoms with Gasteiger partial charge in [0.1, 0.15) is 5.58 Å². The Labute approximate surface area is 95.6 Å². The summed E-state index contributed by atoms with van der Waals surface area (Å²) in [4.78, 5) is 11.5. The van der Waals surface area contributed by atoms with Crippen LogP contribution in [0.4, 0.5) is 0 Å². The Morgan fingerprint density at radius 3 is 2.87 bits per heavy atom. The van der Waals surface area contributed by atoms with E-state index in [4.69, 9.17) is 4.42 Å². The third-order valence-corrected chi connectivity index (χ3v) is 2.82. The molecule has 0 aliphatic heterocycles. The minimum atomic E-state index is -0.195. The largest absolute Gasteiger partial charge is 0.451 e. The van der Waals surface area contributed by atoms with E-state index in [9.17, 15) is 4.79 Å². The van der Waals surface area contributed by atoms with Crippen LogP contribution in [0.2, 0.25) is 0 Å². The van der Waals surface area contributed by atoms with E-state index in [-0.39, 0.29) is 5.91 Å². The topological polar surface area (TPSA) is 42.2 Å². The van der Waals surface area contributed by atoms with Crippen molar-refractivity contribution in [3.05, 3.63) is 34.0 Å². The highest BCUT2D eigenvalue weighted by atomic mass is 79.9. The van der Waals surface area contributed by atoms with E-state index in [1.807, 2.05) is 25.1 Å². The average Bonchev–Trinajstić information content (AvgIpc) is 2.55. The van der Waals surface area contributed by atoms with Crippen molar-refractivity contribution in [1.82, 2.24) is 5.32 Å². The summed E-state index contributed by atoms with van der Waals surface area (Å²) in [5.41, 5.74) is 1.60. The van der Waals surface area contributed by atoms with Gasteiger partial charge in [0, 0.05) is 22.5 Å². The number of rotatable bonds is 1. The van der Waals surface area contributed by atoms with Crippen molar-refractivity contribution < 1.29 is 9.21 Å². The van der Waals surface area contributed by atoms with Gasteiger partial charge in [0.2, 0.25) is 0 Å². The molecular formula is C11H10BrNO2. The van der Waals surface area contributed by atoms with Crippen molar-refractivity contribution in [3.8, 4) is 0 Å². The number of carbonyl (C=O) groups excluding carboxylic acids is 1. The third-order valence-electron chi connectivity index (χ3n) is 2.33. The maximum Gasteiger partial charge on any atom is 0.287 e. The van der Waals surface area contributed by atoms with Crippen molar-refractivity contribution in [2.45, 2.75) is 6.92 Å². The summed E-state index contributed by atoms with van der Waals surface area (Å²) >= 11 is 3.39. The van der Waals surface area contributed by atoms with Gasteiger partial charge in [-0.15, -0.1) is 0 Å². The first-order chi connectivity index (χ1) is 7.13. The molecule has 15 heavy (non-hydrogen) atoms. The molecule has 0 atom stereocenters. The van der Waals surface area contributed by atoms with Gasteiger partial charge in [-0.25, -0.2) is 0 Å². The van der Waals surface area contributed by atoms with Crippen LogP contribution in [-0.2, 0) is 0 Å². The van der Waals surface area contributed by atoms with Crippen LogP contribution in [0.5, 0.6) is 0 Å². The van der Waals surface area contributed by atoms with E-state index >= 15 is 0 Å². The first-order valence-corrected chi connectivity index (χ1v) is 5.33. The van der Waals surface area contributed by atoms with Crippen molar-refractivity contribution in [1.29, 1.82) is 0 Å². The molecule has 1 N–H and O–H groups in total. The lowest BCUT2D eigenvalue weighted by molar-refractivity contribution is 0.0937. The molecule has 1 aromatic heterocycles. The summed E-state index contributed by atoms with van der Waals surface area (Å²) in [6, 6.07) is 5.68. The summed E-state index contributed by atoms with van der Waals surface area (Å²) in [5.74, 6) is 0.186. The predicted octanol–water partition coefficient (Wildman–Crippen LogP) is 2.86. The molecule has 1 heterocycles. The average molecular weight is 268 g/mol. The molecule has 78 valence electrons. The van der Waals surface area contributed by atoms with E-state index in [2.05, 4.69) is 21.2 Å². The Hall–Kier alpha value is -1.29. The fraction of sp³-hybridized carbons (Fsp3) is 0.182. The quantitative estimate of drug-likeness (QED) is 0.864. The van der Waals surface area contributed by atoms with E-state index < -0.39 is 0 Å². The number of furan rings is 1. The highest BCUT2D eigenvalue weighted by Gasteiger charge is 2.16. The zero-order chi connectivity index (χ0) is 11.0. The standard InChI is InChI=1S/C11H10BrNO2/c1-6-8-5-7(12)3-4-9(8)15-10(6)11(14)13-2/h3-5H,1-2H3,(H,13,14). The number of fused-ring (bicyclic) bond motifs is 1. The second-order valence-corrected chi connectivity index (χ2v) is 4.19. The van der Waals surface area contributed by atoms with Crippen molar-refractivity contribution in [2.75, 3.05) is 7.05 Å². The molecule has 1 amide bonds. The molecule has 4 heteroatoms. The van der Waals surface area contributed by atoms with Crippen LogP contribution in [0.15, 0.2) is 27.1 Å². The third kappa shape index (κ3) is 1.65. The Bertz CT molecular complexity index is 531. The molecule has 0 spiro atoms. The van der Waals surface area contributed by atoms with E-state index in [0.717, 1.165) is 21.0 Å². The van der Waals surface area contributed by atoms with E-state index in [0.29, 0.717) is 5.76 Å². The first-order valence-electron chi connectivity index (χ1n) is 4.54. The van der Waals surface area contributed by atoms with Gasteiger partial charge in [0.25, 0.3) is 5.91 Å². The molecular weight excluding hydrogens is 258 g/mol. The minimum absolute atomic E-state index is 0.195. The van der Waals surface area contributed by atoms with Crippen molar-refractivity contribution in [3.63, 3.8) is 0 Å². The molecule has 1 aromatic carbocycles. The highest BCUT2D eigenvalue weighted by molar-refractivity contribution is 9.10. The van der Waals surface area contributed by atoms with Crippen LogP contribution in [0.3, 0.4) is 0 Å². The summed E-state index contributed by atoms with van der Waals surface area (Å²) < 4.78 is 6.45. The zero-order valence-electron chi connectivity index (χ0n) is 8.43. The van der Waals surface area contributed by atoms with Crippen molar-refractivity contribution >= 4 is 32.8 Å². The number of nitrogens with one attached hydrogen (secondary N) is 1. The van der Waals surface area contributed by atoms with Gasteiger partial charge in [0.15, 0.2) is 5.76 Å². The maximum atomic E-state index is 11.5. The van der Waals surface area contributed by atoms with Crippen LogP contribution < -0.4 is 5.32 Å². The second kappa shape index (κ2) is 3.70. The first kappa shape index (κ1) is 10.2. The zero-order valence-corrected chi connectivity index (χ0v) is 10.0. The normalized spacial score (nSPS) is 10.6. The van der Waals surface area contributed by atoms with Crippen LogP contribution in [0.1, 0.15) is 16.1 Å². The van der Waals surface area contributed by atoms with Gasteiger partial charge in [-0.2, -0.15) is 0 Å². The molecule has 2 rings (SSSR count). The van der Waals surface area contributed by atoms with E-state index in [1.54, 1.807) is 7.05 Å². The summed E-state index contributed by atoms with van der Waals surface area (Å²) in [5, 5.41) is 3.51. The lowest BCUT2D eigenvalue weighted by Crippen LogP contribution is -2.17. The maximum absolute atomic E-state index is 11.5. The Morgan fingerprint density at radius 1 is 1.47 bits per heavy atom. The molecule has 0 unspecified atom stereocenters. The van der Waals surface area contributed by atoms with Crippen LogP contribution in [-0.4, -0.2) is 13.0 Å². The lowest BCUT2D eigenvalue weighted by atomic mass is 10.1. The fourth-order valence-corrected chi connectivity index (χ4v) is 1.88. The number of benzene rings is 1. The summed E-state index contributed by atoms with van der Waals surface area (Å²) in [6.45, 7) is 1.88. The highest BCUT2D eigenvalue weighted by Crippen LogP contribution is 2.27. The molecule has 0 saturated heterocycles. The van der Waals surface area contributed by atoms with Gasteiger partial charge in [-0.3, -0.25) is 4.79 Å². The summed E-state index contributed by atoms with van der Waals surface area (Å²) in [6.07, 6.45) is 0. The smallest absolute Gasteiger partial charge is 0.287 e. The van der Waals surface area contributed by atoms with Gasteiger partial charge in [-0.05, 0) is 25.1 Å². The monoisotopic (exact) mass is 267 g/mol. The van der Waals surface area contributed by atoms with Gasteiger partial charge < -0.3 is 9.73 Å².